The Labute approximate surface area is 89.8 Å². The molecule has 0 unspecified atom stereocenters. The Kier molecular flexibility index (Phi) is 4.23. The lowest BCUT2D eigenvalue weighted by molar-refractivity contribution is 0.415. The van der Waals surface area contributed by atoms with Crippen molar-refractivity contribution in [3.8, 4) is 5.75 Å². The average molecular weight is 202 g/mol. The first-order chi connectivity index (χ1) is 7.22. The molecule has 0 aliphatic carbocycles. The minimum absolute atomic E-state index is 0.0504. The molecule has 1 aromatic carbocycles. The highest BCUT2D eigenvalue weighted by Gasteiger charge is 1.88. The normalized spacial score (nSPS) is 11.0. The Balaban J connectivity index is 2.61. The SMILES string of the molecule is C=C(O)/C=C/C=C/c1ccc(OC)cc1. The maximum atomic E-state index is 8.79. The van der Waals surface area contributed by atoms with Gasteiger partial charge in [0.05, 0.1) is 7.11 Å². The minimum atomic E-state index is 0.0504. The van der Waals surface area contributed by atoms with Gasteiger partial charge >= 0.3 is 0 Å². The molecule has 0 saturated carbocycles. The number of ether oxygens (including phenoxy) is 1. The lowest BCUT2D eigenvalue weighted by Gasteiger charge is -1.98. The molecule has 0 heterocycles. The van der Waals surface area contributed by atoms with Crippen molar-refractivity contribution in [1.29, 1.82) is 0 Å². The highest BCUT2D eigenvalue weighted by Crippen LogP contribution is 2.12. The van der Waals surface area contributed by atoms with E-state index >= 15 is 0 Å². The van der Waals surface area contributed by atoms with Crippen LogP contribution >= 0.6 is 0 Å². The van der Waals surface area contributed by atoms with Crippen LogP contribution in [0.25, 0.3) is 6.08 Å². The number of aliphatic hydroxyl groups excluding tert-OH is 1. The van der Waals surface area contributed by atoms with Crippen molar-refractivity contribution in [3.05, 3.63) is 60.4 Å². The van der Waals surface area contributed by atoms with Gasteiger partial charge in [0.25, 0.3) is 0 Å². The summed E-state index contributed by atoms with van der Waals surface area (Å²) < 4.78 is 5.04. The summed E-state index contributed by atoms with van der Waals surface area (Å²) in [5, 5.41) is 8.79. The molecule has 1 aromatic rings. The molecule has 0 bridgehead atoms. The molecule has 1 N–H and O–H groups in total. The van der Waals surface area contributed by atoms with E-state index in [1.807, 2.05) is 36.4 Å². The van der Waals surface area contributed by atoms with E-state index in [0.717, 1.165) is 11.3 Å². The molecule has 2 nitrogen and oxygen atoms in total. The highest BCUT2D eigenvalue weighted by atomic mass is 16.5. The van der Waals surface area contributed by atoms with Crippen LogP contribution in [0, 0.1) is 0 Å². The van der Waals surface area contributed by atoms with Crippen molar-refractivity contribution < 1.29 is 9.84 Å². The molecule has 0 atom stereocenters. The van der Waals surface area contributed by atoms with Crippen molar-refractivity contribution in [2.45, 2.75) is 0 Å². The first kappa shape index (κ1) is 11.1. The van der Waals surface area contributed by atoms with Crippen LogP contribution in [0.2, 0.25) is 0 Å². The molecule has 0 radical (unpaired) electrons. The van der Waals surface area contributed by atoms with E-state index in [1.54, 1.807) is 13.2 Å². The second-order valence-electron chi connectivity index (χ2n) is 2.98. The maximum absolute atomic E-state index is 8.79. The summed E-state index contributed by atoms with van der Waals surface area (Å²) in [6, 6.07) is 7.70. The van der Waals surface area contributed by atoms with Gasteiger partial charge in [0.1, 0.15) is 11.5 Å². The predicted molar refractivity (Wildman–Crippen MR) is 62.9 cm³/mol. The van der Waals surface area contributed by atoms with E-state index in [9.17, 15) is 0 Å². The minimum Gasteiger partial charge on any atom is -0.509 e. The number of benzene rings is 1. The van der Waals surface area contributed by atoms with Crippen LogP contribution in [0.4, 0.5) is 0 Å². The van der Waals surface area contributed by atoms with Crippen LogP contribution < -0.4 is 4.74 Å². The van der Waals surface area contributed by atoms with E-state index < -0.39 is 0 Å². The molecule has 0 amide bonds. The monoisotopic (exact) mass is 202 g/mol. The fraction of sp³-hybridized carbons (Fsp3) is 0.0769. The van der Waals surface area contributed by atoms with E-state index in [4.69, 9.17) is 9.84 Å². The lowest BCUT2D eigenvalue weighted by Crippen LogP contribution is -1.81. The number of methoxy groups -OCH3 is 1. The Morgan fingerprint density at radius 2 is 1.93 bits per heavy atom. The van der Waals surface area contributed by atoms with Gasteiger partial charge in [-0.1, -0.05) is 36.9 Å². The van der Waals surface area contributed by atoms with Gasteiger partial charge in [-0.25, -0.2) is 0 Å². The molecular weight excluding hydrogens is 188 g/mol. The highest BCUT2D eigenvalue weighted by molar-refractivity contribution is 5.52. The first-order valence-corrected chi connectivity index (χ1v) is 4.59. The van der Waals surface area contributed by atoms with E-state index in [1.165, 1.54) is 6.08 Å². The molecule has 1 rings (SSSR count). The summed E-state index contributed by atoms with van der Waals surface area (Å²) in [4.78, 5) is 0. The zero-order chi connectivity index (χ0) is 11.1. The van der Waals surface area contributed by atoms with Gasteiger partial charge in [-0.05, 0) is 23.8 Å². The van der Waals surface area contributed by atoms with Crippen LogP contribution in [-0.4, -0.2) is 12.2 Å². The maximum Gasteiger partial charge on any atom is 0.118 e. The standard InChI is InChI=1S/C13H14O2/c1-11(14)5-3-4-6-12-7-9-13(15-2)10-8-12/h3-10,14H,1H2,2H3/b5-3+,6-4+. The smallest absolute Gasteiger partial charge is 0.118 e. The molecule has 0 fully saturated rings. The summed E-state index contributed by atoms with van der Waals surface area (Å²) in [7, 11) is 1.64. The van der Waals surface area contributed by atoms with Gasteiger partial charge in [-0.3, -0.25) is 0 Å². The summed E-state index contributed by atoms with van der Waals surface area (Å²) >= 11 is 0. The van der Waals surface area contributed by atoms with Gasteiger partial charge in [0.2, 0.25) is 0 Å². The zero-order valence-corrected chi connectivity index (χ0v) is 8.68. The van der Waals surface area contributed by atoms with Crippen molar-refractivity contribution in [2.24, 2.45) is 0 Å². The van der Waals surface area contributed by atoms with Gasteiger partial charge in [0.15, 0.2) is 0 Å². The van der Waals surface area contributed by atoms with Crippen molar-refractivity contribution in [2.75, 3.05) is 7.11 Å². The fourth-order valence-electron chi connectivity index (χ4n) is 1.05. The topological polar surface area (TPSA) is 29.5 Å². The Morgan fingerprint density at radius 3 is 2.47 bits per heavy atom. The number of aliphatic hydroxyl groups is 1. The summed E-state index contributed by atoms with van der Waals surface area (Å²) in [6.07, 6.45) is 7.02. The molecule has 2 heteroatoms. The third-order valence-electron chi connectivity index (χ3n) is 1.80. The summed E-state index contributed by atoms with van der Waals surface area (Å²) in [6.45, 7) is 3.34. The van der Waals surface area contributed by atoms with Gasteiger partial charge < -0.3 is 9.84 Å². The second-order valence-corrected chi connectivity index (χ2v) is 2.98. The van der Waals surface area contributed by atoms with Crippen LogP contribution in [0.1, 0.15) is 5.56 Å². The molecule has 0 spiro atoms. The van der Waals surface area contributed by atoms with Gasteiger partial charge in [0, 0.05) is 0 Å². The van der Waals surface area contributed by atoms with E-state index in [2.05, 4.69) is 6.58 Å². The van der Waals surface area contributed by atoms with Crippen LogP contribution in [0.5, 0.6) is 5.75 Å². The Morgan fingerprint density at radius 1 is 1.27 bits per heavy atom. The van der Waals surface area contributed by atoms with Crippen molar-refractivity contribution in [3.63, 3.8) is 0 Å². The number of allylic oxidation sites excluding steroid dienone is 3. The number of rotatable bonds is 4. The molecular formula is C13H14O2. The molecule has 0 aliphatic rings. The summed E-state index contributed by atoms with van der Waals surface area (Å²) in [5.74, 6) is 0.890. The molecule has 0 aromatic heterocycles. The second kappa shape index (κ2) is 5.70. The lowest BCUT2D eigenvalue weighted by atomic mass is 10.2. The molecule has 0 aliphatic heterocycles. The van der Waals surface area contributed by atoms with E-state index in [0.29, 0.717) is 0 Å². The van der Waals surface area contributed by atoms with Crippen LogP contribution in [0.3, 0.4) is 0 Å². The average Bonchev–Trinajstić information content (AvgIpc) is 2.25. The third-order valence-corrected chi connectivity index (χ3v) is 1.80. The fourth-order valence-corrected chi connectivity index (χ4v) is 1.05. The Hall–Kier alpha value is -1.96. The quantitative estimate of drug-likeness (QED) is 0.599. The van der Waals surface area contributed by atoms with Gasteiger partial charge in [-0.15, -0.1) is 0 Å². The van der Waals surface area contributed by atoms with E-state index in [-0.39, 0.29) is 5.76 Å². The Bertz CT molecular complexity index is 372. The van der Waals surface area contributed by atoms with Crippen LogP contribution in [0.15, 0.2) is 54.8 Å². The van der Waals surface area contributed by atoms with Gasteiger partial charge in [-0.2, -0.15) is 0 Å². The predicted octanol–water partition coefficient (Wildman–Crippen LogP) is 3.34. The largest absolute Gasteiger partial charge is 0.509 e. The van der Waals surface area contributed by atoms with Crippen molar-refractivity contribution >= 4 is 6.08 Å². The molecule has 15 heavy (non-hydrogen) atoms. The van der Waals surface area contributed by atoms with Crippen LogP contribution in [-0.2, 0) is 0 Å². The molecule has 78 valence electrons. The number of hydrogen-bond donors (Lipinski definition) is 1. The van der Waals surface area contributed by atoms with Crippen molar-refractivity contribution in [1.82, 2.24) is 0 Å². The zero-order valence-electron chi connectivity index (χ0n) is 8.68. The first-order valence-electron chi connectivity index (χ1n) is 4.59. The summed E-state index contributed by atoms with van der Waals surface area (Å²) in [5.41, 5.74) is 1.07. The molecule has 0 saturated heterocycles. The third kappa shape index (κ3) is 4.18. The number of hydrogen-bond acceptors (Lipinski definition) is 2.